The first kappa shape index (κ1) is 22.1. The summed E-state index contributed by atoms with van der Waals surface area (Å²) in [5.74, 6) is 6.90. The largest absolute Gasteiger partial charge is 0.206 e. The van der Waals surface area contributed by atoms with Crippen LogP contribution < -0.4 is 0 Å². The topological polar surface area (TPSA) is 0 Å². The lowest BCUT2D eigenvalue weighted by Crippen LogP contribution is -2.30. The fourth-order valence-electron chi connectivity index (χ4n) is 5.52. The molecule has 0 heterocycles. The van der Waals surface area contributed by atoms with Gasteiger partial charge in [-0.05, 0) is 111 Å². The molecule has 0 aliphatic heterocycles. The van der Waals surface area contributed by atoms with E-state index in [1.165, 1.54) is 44.2 Å². The van der Waals surface area contributed by atoms with Crippen LogP contribution in [0.15, 0.2) is 49.1 Å². The zero-order valence-corrected chi connectivity index (χ0v) is 18.6. The van der Waals surface area contributed by atoms with Crippen LogP contribution in [0.4, 0.5) is 8.78 Å². The van der Waals surface area contributed by atoms with Crippen molar-refractivity contribution >= 4 is 11.6 Å². The summed E-state index contributed by atoms with van der Waals surface area (Å²) >= 11 is 5.87. The predicted molar refractivity (Wildman–Crippen MR) is 124 cm³/mol. The summed E-state index contributed by atoms with van der Waals surface area (Å²) in [5.41, 5.74) is 1.31. The molecule has 2 fully saturated rings. The molecular weight excluding hydrogens is 410 g/mol. The van der Waals surface area contributed by atoms with E-state index in [0.717, 1.165) is 36.7 Å². The van der Waals surface area contributed by atoms with Crippen molar-refractivity contribution in [3.8, 4) is 11.8 Å². The number of hydrogen-bond acceptors (Lipinski definition) is 0. The van der Waals surface area contributed by atoms with Gasteiger partial charge in [-0.3, -0.25) is 0 Å². The highest BCUT2D eigenvalue weighted by atomic mass is 35.5. The summed E-state index contributed by atoms with van der Waals surface area (Å²) in [4.78, 5) is 0. The number of allylic oxidation sites excluding steroid dienone is 1. The van der Waals surface area contributed by atoms with Crippen molar-refractivity contribution in [3.05, 3.63) is 82.4 Å². The van der Waals surface area contributed by atoms with Gasteiger partial charge in [0.2, 0.25) is 0 Å². The lowest BCUT2D eigenvalue weighted by molar-refractivity contribution is 0.115. The molecule has 2 saturated carbocycles. The molecule has 162 valence electrons. The Hall–Kier alpha value is -2.11. The molecule has 4 rings (SSSR count). The molecule has 4 atom stereocenters. The molecule has 0 N–H and O–H groups in total. The Bertz CT molecular complexity index is 959. The summed E-state index contributed by atoms with van der Waals surface area (Å²) in [7, 11) is 0. The maximum absolute atomic E-state index is 14.8. The Morgan fingerprint density at radius 3 is 2.32 bits per heavy atom. The van der Waals surface area contributed by atoms with Crippen molar-refractivity contribution in [2.75, 3.05) is 0 Å². The predicted octanol–water partition coefficient (Wildman–Crippen LogP) is 8.28. The monoisotopic (exact) mass is 438 g/mol. The SMILES string of the molecule is C=CCCC1CCC2CC(c3cc(F)c(C#Cc4ccc(Cl)cc4)c(F)c3)CCC2C1. The first-order valence-corrected chi connectivity index (χ1v) is 11.8. The Labute approximate surface area is 189 Å². The van der Waals surface area contributed by atoms with E-state index in [2.05, 4.69) is 18.4 Å². The molecule has 0 aromatic heterocycles. The van der Waals surface area contributed by atoms with Gasteiger partial charge in [-0.1, -0.05) is 35.9 Å². The lowest BCUT2D eigenvalue weighted by atomic mass is 9.63. The number of hydrogen-bond donors (Lipinski definition) is 0. The molecule has 31 heavy (non-hydrogen) atoms. The second-order valence-electron chi connectivity index (χ2n) is 9.19. The van der Waals surface area contributed by atoms with Crippen molar-refractivity contribution in [2.45, 2.75) is 57.3 Å². The molecule has 0 spiro atoms. The summed E-state index contributed by atoms with van der Waals surface area (Å²) in [6.07, 6.45) is 11.5. The minimum absolute atomic E-state index is 0.157. The molecule has 0 radical (unpaired) electrons. The van der Waals surface area contributed by atoms with E-state index >= 15 is 0 Å². The van der Waals surface area contributed by atoms with E-state index in [0.29, 0.717) is 16.5 Å². The third-order valence-corrected chi connectivity index (χ3v) is 7.46. The first-order valence-electron chi connectivity index (χ1n) is 11.4. The van der Waals surface area contributed by atoms with E-state index in [9.17, 15) is 8.78 Å². The molecule has 2 aromatic carbocycles. The van der Waals surface area contributed by atoms with Gasteiger partial charge in [-0.25, -0.2) is 8.78 Å². The van der Waals surface area contributed by atoms with Crippen LogP contribution in [0.5, 0.6) is 0 Å². The van der Waals surface area contributed by atoms with E-state index in [4.69, 9.17) is 11.6 Å². The number of rotatable bonds is 4. The second-order valence-corrected chi connectivity index (χ2v) is 9.63. The normalized spacial score (nSPS) is 25.3. The minimum Gasteiger partial charge on any atom is -0.206 e. The molecular formula is C28H29ClF2. The molecule has 0 saturated heterocycles. The Kier molecular flexibility index (Phi) is 7.13. The molecule has 2 aliphatic carbocycles. The Morgan fingerprint density at radius 2 is 1.61 bits per heavy atom. The highest BCUT2D eigenvalue weighted by molar-refractivity contribution is 6.30. The maximum atomic E-state index is 14.8. The molecule has 0 amide bonds. The fourth-order valence-corrected chi connectivity index (χ4v) is 5.65. The minimum atomic E-state index is -0.563. The van der Waals surface area contributed by atoms with Gasteiger partial charge in [0.1, 0.15) is 11.6 Å². The molecule has 2 aliphatic rings. The van der Waals surface area contributed by atoms with Crippen LogP contribution in [0, 0.1) is 41.2 Å². The summed E-state index contributed by atoms with van der Waals surface area (Å²) in [5, 5.41) is 0.604. The van der Waals surface area contributed by atoms with Crippen molar-refractivity contribution < 1.29 is 8.78 Å². The number of benzene rings is 2. The molecule has 3 heteroatoms. The van der Waals surface area contributed by atoms with Gasteiger partial charge >= 0.3 is 0 Å². The Balaban J connectivity index is 1.44. The molecule has 0 nitrogen and oxygen atoms in total. The smallest absolute Gasteiger partial charge is 0.142 e. The van der Waals surface area contributed by atoms with Gasteiger partial charge in [0.05, 0.1) is 5.56 Å². The van der Waals surface area contributed by atoms with Crippen LogP contribution >= 0.6 is 11.6 Å². The van der Waals surface area contributed by atoms with Gasteiger partial charge in [0.25, 0.3) is 0 Å². The van der Waals surface area contributed by atoms with Crippen LogP contribution in [-0.4, -0.2) is 0 Å². The molecule has 4 unspecified atom stereocenters. The van der Waals surface area contributed by atoms with Crippen LogP contribution in [0.3, 0.4) is 0 Å². The quantitative estimate of drug-likeness (QED) is 0.332. The molecule has 0 bridgehead atoms. The van der Waals surface area contributed by atoms with Crippen LogP contribution in [0.25, 0.3) is 0 Å². The summed E-state index contributed by atoms with van der Waals surface area (Å²) in [6.45, 7) is 3.85. The summed E-state index contributed by atoms with van der Waals surface area (Å²) in [6, 6.07) is 9.93. The average Bonchev–Trinajstić information content (AvgIpc) is 2.77. The Morgan fingerprint density at radius 1 is 0.935 bits per heavy atom. The van der Waals surface area contributed by atoms with Crippen LogP contribution in [-0.2, 0) is 0 Å². The second kappa shape index (κ2) is 10.0. The average molecular weight is 439 g/mol. The van der Waals surface area contributed by atoms with Crippen LogP contribution in [0.2, 0.25) is 5.02 Å². The van der Waals surface area contributed by atoms with E-state index < -0.39 is 11.6 Å². The highest BCUT2D eigenvalue weighted by Gasteiger charge is 2.36. The highest BCUT2D eigenvalue weighted by Crippen LogP contribution is 2.48. The van der Waals surface area contributed by atoms with E-state index in [-0.39, 0.29) is 11.5 Å². The fraction of sp³-hybridized carbons (Fsp3) is 0.429. The number of fused-ring (bicyclic) bond motifs is 1. The van der Waals surface area contributed by atoms with E-state index in [1.807, 2.05) is 6.08 Å². The third-order valence-electron chi connectivity index (χ3n) is 7.21. The van der Waals surface area contributed by atoms with Crippen LogP contribution in [0.1, 0.15) is 74.0 Å². The zero-order chi connectivity index (χ0) is 21.8. The lowest BCUT2D eigenvalue weighted by Gasteiger charge is -2.42. The van der Waals surface area contributed by atoms with Gasteiger partial charge in [-0.2, -0.15) is 0 Å². The van der Waals surface area contributed by atoms with Gasteiger partial charge in [0.15, 0.2) is 0 Å². The van der Waals surface area contributed by atoms with Crippen molar-refractivity contribution in [2.24, 2.45) is 17.8 Å². The standard InChI is InChI=1S/C28H29ClF2/c1-2-3-4-20-5-9-22-16-23(11-10-21(22)15-20)24-17-27(30)26(28(31)18-24)14-8-19-6-12-25(29)13-7-19/h2,6-7,12-13,17-18,20-23H,1,3-5,9-11,15-16H2. The van der Waals surface area contributed by atoms with Crippen molar-refractivity contribution in [1.29, 1.82) is 0 Å². The maximum Gasteiger partial charge on any atom is 0.142 e. The third kappa shape index (κ3) is 5.39. The van der Waals surface area contributed by atoms with Gasteiger partial charge < -0.3 is 0 Å². The molecule has 2 aromatic rings. The first-order chi connectivity index (χ1) is 15.0. The van der Waals surface area contributed by atoms with Crippen molar-refractivity contribution in [1.82, 2.24) is 0 Å². The van der Waals surface area contributed by atoms with Crippen molar-refractivity contribution in [3.63, 3.8) is 0 Å². The van der Waals surface area contributed by atoms with Gasteiger partial charge in [-0.15, -0.1) is 6.58 Å². The van der Waals surface area contributed by atoms with Gasteiger partial charge in [0, 0.05) is 10.6 Å². The summed E-state index contributed by atoms with van der Waals surface area (Å²) < 4.78 is 29.5. The number of halogens is 3. The zero-order valence-electron chi connectivity index (χ0n) is 17.8. The van der Waals surface area contributed by atoms with E-state index in [1.54, 1.807) is 24.3 Å².